The number of alkyl halides is 3. The summed E-state index contributed by atoms with van der Waals surface area (Å²) in [6.45, 7) is 2.67. The maximum Gasteiger partial charge on any atom is 0.416 e. The molecule has 3 nitrogen and oxygen atoms in total. The summed E-state index contributed by atoms with van der Waals surface area (Å²) in [7, 11) is 0. The number of hydrogen-bond acceptors (Lipinski definition) is 2. The van der Waals surface area contributed by atoms with Gasteiger partial charge in [-0.25, -0.2) is 0 Å². The first-order valence-electron chi connectivity index (χ1n) is 6.83. The molecule has 0 spiro atoms. The summed E-state index contributed by atoms with van der Waals surface area (Å²) < 4.78 is 38.9. The number of carboxylic acids is 1. The van der Waals surface area contributed by atoms with Gasteiger partial charge in [0, 0.05) is 13.1 Å². The van der Waals surface area contributed by atoms with E-state index in [4.69, 9.17) is 0 Å². The standard InChI is InChI=1S/C15H18F3NO2/c1-14(13(20)21)7-4-8-19(10-14)9-11-5-2-3-6-12(11)15(16,17)18/h2-3,5-6H,4,7-10H2,1H3,(H,20,21). The number of aliphatic carboxylic acids is 1. The molecule has 1 fully saturated rings. The predicted molar refractivity (Wildman–Crippen MR) is 71.7 cm³/mol. The van der Waals surface area contributed by atoms with Gasteiger partial charge in [0.2, 0.25) is 0 Å². The SMILES string of the molecule is CC1(C(=O)O)CCCN(Cc2ccccc2C(F)(F)F)C1. The van der Waals surface area contributed by atoms with E-state index in [0.717, 1.165) is 6.07 Å². The monoisotopic (exact) mass is 301 g/mol. The van der Waals surface area contributed by atoms with E-state index in [9.17, 15) is 23.1 Å². The van der Waals surface area contributed by atoms with Crippen molar-refractivity contribution < 1.29 is 23.1 Å². The maximum absolute atomic E-state index is 13.0. The number of nitrogens with zero attached hydrogens (tertiary/aromatic N) is 1. The lowest BCUT2D eigenvalue weighted by Crippen LogP contribution is -2.45. The van der Waals surface area contributed by atoms with Gasteiger partial charge in [-0.1, -0.05) is 18.2 Å². The quantitative estimate of drug-likeness (QED) is 0.930. The Hall–Kier alpha value is -1.56. The summed E-state index contributed by atoms with van der Waals surface area (Å²) in [6.07, 6.45) is -3.15. The molecule has 116 valence electrons. The lowest BCUT2D eigenvalue weighted by molar-refractivity contribution is -0.151. The molecule has 1 aromatic carbocycles. The van der Waals surface area contributed by atoms with Crippen molar-refractivity contribution in [1.82, 2.24) is 4.90 Å². The Morgan fingerprint density at radius 1 is 1.38 bits per heavy atom. The first kappa shape index (κ1) is 15.8. The fraction of sp³-hybridized carbons (Fsp3) is 0.533. The molecule has 1 atom stereocenters. The molecule has 0 saturated carbocycles. The molecule has 1 aromatic rings. The predicted octanol–water partition coefficient (Wildman–Crippen LogP) is 3.39. The minimum absolute atomic E-state index is 0.124. The number of piperidine rings is 1. The van der Waals surface area contributed by atoms with Crippen LogP contribution in [0.15, 0.2) is 24.3 Å². The van der Waals surface area contributed by atoms with E-state index in [-0.39, 0.29) is 18.7 Å². The molecule has 21 heavy (non-hydrogen) atoms. The second-order valence-electron chi connectivity index (χ2n) is 5.83. The van der Waals surface area contributed by atoms with E-state index >= 15 is 0 Å². The van der Waals surface area contributed by atoms with Gasteiger partial charge in [-0.2, -0.15) is 13.2 Å². The van der Waals surface area contributed by atoms with Gasteiger partial charge in [0.15, 0.2) is 0 Å². The van der Waals surface area contributed by atoms with E-state index in [1.807, 2.05) is 0 Å². The van der Waals surface area contributed by atoms with E-state index in [1.165, 1.54) is 12.1 Å². The number of carboxylic acid groups (broad SMARTS) is 1. The van der Waals surface area contributed by atoms with Crippen molar-refractivity contribution in [1.29, 1.82) is 0 Å². The zero-order valence-electron chi connectivity index (χ0n) is 11.8. The van der Waals surface area contributed by atoms with Crippen LogP contribution in [0.3, 0.4) is 0 Å². The molecule has 0 aliphatic carbocycles. The van der Waals surface area contributed by atoms with Crippen LogP contribution in [0.2, 0.25) is 0 Å². The molecule has 0 bridgehead atoms. The second kappa shape index (κ2) is 5.67. The fourth-order valence-corrected chi connectivity index (χ4v) is 2.83. The molecule has 1 heterocycles. The number of hydrogen-bond donors (Lipinski definition) is 1. The van der Waals surface area contributed by atoms with Gasteiger partial charge in [0.1, 0.15) is 0 Å². The fourth-order valence-electron chi connectivity index (χ4n) is 2.83. The molecule has 2 rings (SSSR count). The summed E-state index contributed by atoms with van der Waals surface area (Å²) >= 11 is 0. The second-order valence-corrected chi connectivity index (χ2v) is 5.83. The van der Waals surface area contributed by atoms with Crippen LogP contribution in [0.5, 0.6) is 0 Å². The topological polar surface area (TPSA) is 40.5 Å². The Balaban J connectivity index is 2.18. The third-order valence-electron chi connectivity index (χ3n) is 4.01. The van der Waals surface area contributed by atoms with Crippen LogP contribution in [0.4, 0.5) is 13.2 Å². The van der Waals surface area contributed by atoms with Gasteiger partial charge in [0.05, 0.1) is 11.0 Å². The summed E-state index contributed by atoms with van der Waals surface area (Å²) in [5.41, 5.74) is -1.34. The van der Waals surface area contributed by atoms with Crippen molar-refractivity contribution in [3.63, 3.8) is 0 Å². The molecule has 6 heteroatoms. The van der Waals surface area contributed by atoms with Gasteiger partial charge >= 0.3 is 12.1 Å². The Bertz CT molecular complexity index is 530. The van der Waals surface area contributed by atoms with Crippen LogP contribution in [-0.2, 0) is 17.5 Å². The smallest absolute Gasteiger partial charge is 0.416 e. The van der Waals surface area contributed by atoms with Gasteiger partial charge in [-0.15, -0.1) is 0 Å². The van der Waals surface area contributed by atoms with E-state index in [2.05, 4.69) is 0 Å². The minimum atomic E-state index is -4.39. The number of rotatable bonds is 3. The van der Waals surface area contributed by atoms with Gasteiger partial charge in [-0.05, 0) is 37.9 Å². The average molecular weight is 301 g/mol. The average Bonchev–Trinajstić information content (AvgIpc) is 2.38. The molecule has 0 aromatic heterocycles. The van der Waals surface area contributed by atoms with Crippen LogP contribution >= 0.6 is 0 Å². The Morgan fingerprint density at radius 2 is 2.05 bits per heavy atom. The highest BCUT2D eigenvalue weighted by Crippen LogP contribution is 2.34. The number of carbonyl (C=O) groups is 1. The third kappa shape index (κ3) is 3.56. The molecule has 1 aliphatic heterocycles. The van der Waals surface area contributed by atoms with Crippen molar-refractivity contribution in [2.45, 2.75) is 32.5 Å². The Morgan fingerprint density at radius 3 is 2.67 bits per heavy atom. The highest BCUT2D eigenvalue weighted by Gasteiger charge is 2.39. The summed E-state index contributed by atoms with van der Waals surface area (Å²) in [4.78, 5) is 13.1. The summed E-state index contributed by atoms with van der Waals surface area (Å²) in [5.74, 6) is -0.892. The van der Waals surface area contributed by atoms with E-state index < -0.39 is 23.1 Å². The number of halogens is 3. The molecule has 1 N–H and O–H groups in total. The molecule has 0 radical (unpaired) electrons. The van der Waals surface area contributed by atoms with Crippen LogP contribution in [0.25, 0.3) is 0 Å². The lowest BCUT2D eigenvalue weighted by atomic mass is 9.82. The van der Waals surface area contributed by atoms with Crippen LogP contribution < -0.4 is 0 Å². The molecule has 1 unspecified atom stereocenters. The maximum atomic E-state index is 13.0. The zero-order chi connectivity index (χ0) is 15.7. The van der Waals surface area contributed by atoms with Crippen LogP contribution in [0, 0.1) is 5.41 Å². The highest BCUT2D eigenvalue weighted by atomic mass is 19.4. The number of likely N-dealkylation sites (tertiary alicyclic amines) is 1. The highest BCUT2D eigenvalue weighted by molar-refractivity contribution is 5.74. The molecular formula is C15H18F3NO2. The number of benzene rings is 1. The largest absolute Gasteiger partial charge is 0.481 e. The van der Waals surface area contributed by atoms with Gasteiger partial charge in [0.25, 0.3) is 0 Å². The normalized spacial score (nSPS) is 24.0. The van der Waals surface area contributed by atoms with Crippen LogP contribution in [0.1, 0.15) is 30.9 Å². The van der Waals surface area contributed by atoms with E-state index in [1.54, 1.807) is 17.9 Å². The van der Waals surface area contributed by atoms with Crippen LogP contribution in [-0.4, -0.2) is 29.1 Å². The van der Waals surface area contributed by atoms with Crippen molar-refractivity contribution in [3.8, 4) is 0 Å². The minimum Gasteiger partial charge on any atom is -0.481 e. The van der Waals surface area contributed by atoms with Crippen molar-refractivity contribution in [3.05, 3.63) is 35.4 Å². The lowest BCUT2D eigenvalue weighted by Gasteiger charge is -2.37. The molecule has 0 amide bonds. The molecule has 1 aliphatic rings. The van der Waals surface area contributed by atoms with Crippen molar-refractivity contribution in [2.75, 3.05) is 13.1 Å². The first-order chi connectivity index (χ1) is 9.72. The molecule has 1 saturated heterocycles. The Kier molecular flexibility index (Phi) is 4.27. The summed E-state index contributed by atoms with van der Waals surface area (Å²) in [6, 6.07) is 5.46. The first-order valence-corrected chi connectivity index (χ1v) is 6.83. The Labute approximate surface area is 121 Å². The van der Waals surface area contributed by atoms with Gasteiger partial charge < -0.3 is 5.11 Å². The van der Waals surface area contributed by atoms with Crippen molar-refractivity contribution in [2.24, 2.45) is 5.41 Å². The molecular weight excluding hydrogens is 283 g/mol. The summed E-state index contributed by atoms with van der Waals surface area (Å²) in [5, 5.41) is 9.26. The van der Waals surface area contributed by atoms with E-state index in [0.29, 0.717) is 19.4 Å². The van der Waals surface area contributed by atoms with Crippen molar-refractivity contribution >= 4 is 5.97 Å². The third-order valence-corrected chi connectivity index (χ3v) is 4.01. The zero-order valence-corrected chi connectivity index (χ0v) is 11.8. The van der Waals surface area contributed by atoms with Gasteiger partial charge in [-0.3, -0.25) is 9.69 Å².